The highest BCUT2D eigenvalue weighted by atomic mass is 16.5. The topological polar surface area (TPSA) is 48.4 Å². The number of ether oxygens (including phenoxy) is 2. The van der Waals surface area contributed by atoms with Gasteiger partial charge in [-0.15, -0.1) is 0 Å². The lowest BCUT2D eigenvalue weighted by atomic mass is 10.2. The van der Waals surface area contributed by atoms with Gasteiger partial charge in [0.25, 0.3) is 0 Å². The summed E-state index contributed by atoms with van der Waals surface area (Å²) in [5.41, 5.74) is 3.18. The summed E-state index contributed by atoms with van der Waals surface area (Å²) in [5.74, 6) is 0.428. The van der Waals surface area contributed by atoms with Gasteiger partial charge < -0.3 is 9.47 Å². The van der Waals surface area contributed by atoms with Gasteiger partial charge in [-0.2, -0.15) is 0 Å². The van der Waals surface area contributed by atoms with E-state index >= 15 is 0 Å². The van der Waals surface area contributed by atoms with Crippen molar-refractivity contribution in [3.05, 3.63) is 65.5 Å². The first-order valence-electron chi connectivity index (χ1n) is 7.64. The predicted molar refractivity (Wildman–Crippen MR) is 90.3 cm³/mol. The Bertz CT molecular complexity index is 645. The highest BCUT2D eigenvalue weighted by Gasteiger charge is 1.98. The van der Waals surface area contributed by atoms with Crippen molar-refractivity contribution >= 4 is 12.0 Å². The summed E-state index contributed by atoms with van der Waals surface area (Å²) in [6.45, 7) is 2.69. The maximum atomic E-state index is 11.0. The van der Waals surface area contributed by atoms with E-state index in [2.05, 4.69) is 22.7 Å². The average molecular weight is 311 g/mol. The van der Waals surface area contributed by atoms with Gasteiger partial charge in [0.1, 0.15) is 5.75 Å². The number of methoxy groups -OCH3 is 1. The van der Waals surface area contributed by atoms with Crippen molar-refractivity contribution in [1.82, 2.24) is 4.98 Å². The minimum absolute atomic E-state index is 0.369. The van der Waals surface area contributed by atoms with Gasteiger partial charge in [-0.05, 0) is 41.8 Å². The Kier molecular flexibility index (Phi) is 6.36. The fourth-order valence-electron chi connectivity index (χ4n) is 1.99. The molecule has 0 aliphatic heterocycles. The van der Waals surface area contributed by atoms with Gasteiger partial charge in [0.05, 0.1) is 13.7 Å². The Morgan fingerprint density at radius 3 is 2.57 bits per heavy atom. The fourth-order valence-corrected chi connectivity index (χ4v) is 1.99. The zero-order valence-corrected chi connectivity index (χ0v) is 13.5. The van der Waals surface area contributed by atoms with Crippen molar-refractivity contribution in [1.29, 1.82) is 0 Å². The molecule has 0 saturated carbocycles. The first kappa shape index (κ1) is 16.7. The van der Waals surface area contributed by atoms with Crippen molar-refractivity contribution in [3.8, 4) is 5.75 Å². The maximum Gasteiger partial charge on any atom is 0.330 e. The molecule has 0 fully saturated rings. The van der Waals surface area contributed by atoms with Crippen LogP contribution in [0.25, 0.3) is 6.08 Å². The molecule has 4 nitrogen and oxygen atoms in total. The predicted octanol–water partition coefficient (Wildman–Crippen LogP) is 3.45. The van der Waals surface area contributed by atoms with Crippen molar-refractivity contribution in [2.24, 2.45) is 0 Å². The van der Waals surface area contributed by atoms with Crippen LogP contribution in [0.1, 0.15) is 23.7 Å². The maximum absolute atomic E-state index is 11.0. The van der Waals surface area contributed by atoms with E-state index in [0.717, 1.165) is 29.8 Å². The lowest BCUT2D eigenvalue weighted by molar-refractivity contribution is -0.134. The van der Waals surface area contributed by atoms with Gasteiger partial charge >= 0.3 is 5.97 Å². The van der Waals surface area contributed by atoms with Gasteiger partial charge in [-0.25, -0.2) is 4.79 Å². The molecule has 0 spiro atoms. The zero-order chi connectivity index (χ0) is 16.5. The molecule has 0 unspecified atom stereocenters. The molecule has 0 radical (unpaired) electrons. The van der Waals surface area contributed by atoms with Gasteiger partial charge in [0, 0.05) is 24.4 Å². The number of nitrogens with zero attached hydrogens (tertiary/aromatic N) is 1. The molecule has 0 aliphatic rings. The molecule has 0 N–H and O–H groups in total. The van der Waals surface area contributed by atoms with E-state index in [1.165, 1.54) is 18.7 Å². The summed E-state index contributed by atoms with van der Waals surface area (Å²) < 4.78 is 10.3. The molecule has 1 aromatic heterocycles. The number of carbonyl (C=O) groups is 1. The van der Waals surface area contributed by atoms with Crippen molar-refractivity contribution in [2.45, 2.75) is 19.8 Å². The quantitative estimate of drug-likeness (QED) is 0.580. The summed E-state index contributed by atoms with van der Waals surface area (Å²) >= 11 is 0. The van der Waals surface area contributed by atoms with E-state index in [9.17, 15) is 4.79 Å². The van der Waals surface area contributed by atoms with E-state index in [1.807, 2.05) is 36.5 Å². The van der Waals surface area contributed by atoms with Crippen molar-refractivity contribution in [2.75, 3.05) is 13.7 Å². The van der Waals surface area contributed by atoms with Crippen LogP contribution in [0.5, 0.6) is 5.75 Å². The molecule has 4 heteroatoms. The SMILES string of the molecule is CCc1ccc(CCOc2ccc(/C=C/C(=O)OC)cc2)nc1. The Labute approximate surface area is 136 Å². The molecule has 0 aliphatic carbocycles. The number of benzene rings is 1. The van der Waals surface area contributed by atoms with E-state index in [4.69, 9.17) is 4.74 Å². The van der Waals surface area contributed by atoms with E-state index < -0.39 is 0 Å². The molecule has 0 bridgehead atoms. The van der Waals surface area contributed by atoms with E-state index in [1.54, 1.807) is 6.08 Å². The Hall–Kier alpha value is -2.62. The molecule has 0 atom stereocenters. The Morgan fingerprint density at radius 1 is 1.17 bits per heavy atom. The third-order valence-electron chi connectivity index (χ3n) is 3.41. The second-order valence-electron chi connectivity index (χ2n) is 5.04. The molecule has 0 amide bonds. The molecule has 1 aromatic carbocycles. The van der Waals surface area contributed by atoms with Crippen LogP contribution in [-0.4, -0.2) is 24.7 Å². The highest BCUT2D eigenvalue weighted by molar-refractivity contribution is 5.86. The fraction of sp³-hybridized carbons (Fsp3) is 0.263. The van der Waals surface area contributed by atoms with Crippen LogP contribution in [0, 0.1) is 0 Å². The molecule has 0 saturated heterocycles. The van der Waals surface area contributed by atoms with E-state index in [-0.39, 0.29) is 5.97 Å². The smallest absolute Gasteiger partial charge is 0.330 e. The number of rotatable bonds is 7. The third kappa shape index (κ3) is 5.58. The first-order chi connectivity index (χ1) is 11.2. The Morgan fingerprint density at radius 2 is 1.96 bits per heavy atom. The molecule has 23 heavy (non-hydrogen) atoms. The summed E-state index contributed by atoms with van der Waals surface area (Å²) in [4.78, 5) is 15.4. The lowest BCUT2D eigenvalue weighted by Gasteiger charge is -2.06. The molecule has 1 heterocycles. The Balaban J connectivity index is 1.81. The minimum atomic E-state index is -0.369. The van der Waals surface area contributed by atoms with Crippen LogP contribution in [0.4, 0.5) is 0 Å². The summed E-state index contributed by atoms with van der Waals surface area (Å²) in [5, 5.41) is 0. The van der Waals surface area contributed by atoms with Crippen molar-refractivity contribution < 1.29 is 14.3 Å². The van der Waals surface area contributed by atoms with Gasteiger partial charge in [0.2, 0.25) is 0 Å². The van der Waals surface area contributed by atoms with Gasteiger partial charge in [0.15, 0.2) is 0 Å². The van der Waals surface area contributed by atoms with Crippen LogP contribution >= 0.6 is 0 Å². The van der Waals surface area contributed by atoms with Crippen LogP contribution in [0.2, 0.25) is 0 Å². The summed E-state index contributed by atoms with van der Waals surface area (Å²) in [6, 6.07) is 11.7. The standard InChI is InChI=1S/C19H21NO3/c1-3-15-4-8-17(20-14-15)12-13-23-18-9-5-16(6-10-18)7-11-19(21)22-2/h4-11,14H,3,12-13H2,1-2H3/b11-7+. The van der Waals surface area contributed by atoms with Crippen LogP contribution in [0.15, 0.2) is 48.7 Å². The number of aromatic nitrogens is 1. The largest absolute Gasteiger partial charge is 0.493 e. The van der Waals surface area contributed by atoms with Gasteiger partial charge in [-0.3, -0.25) is 4.98 Å². The third-order valence-corrected chi connectivity index (χ3v) is 3.41. The summed E-state index contributed by atoms with van der Waals surface area (Å²) in [6.07, 6.45) is 6.78. The summed E-state index contributed by atoms with van der Waals surface area (Å²) in [7, 11) is 1.36. The van der Waals surface area contributed by atoms with Crippen LogP contribution in [-0.2, 0) is 22.4 Å². The second kappa shape index (κ2) is 8.73. The lowest BCUT2D eigenvalue weighted by Crippen LogP contribution is -2.03. The van der Waals surface area contributed by atoms with Crippen molar-refractivity contribution in [3.63, 3.8) is 0 Å². The molecular formula is C19H21NO3. The molecule has 120 valence electrons. The molecule has 2 aromatic rings. The average Bonchev–Trinajstić information content (AvgIpc) is 2.61. The van der Waals surface area contributed by atoms with E-state index in [0.29, 0.717) is 6.61 Å². The minimum Gasteiger partial charge on any atom is -0.493 e. The zero-order valence-electron chi connectivity index (χ0n) is 13.5. The number of carbonyl (C=O) groups excluding carboxylic acids is 1. The molecule has 2 rings (SSSR count). The monoisotopic (exact) mass is 311 g/mol. The van der Waals surface area contributed by atoms with Crippen LogP contribution < -0.4 is 4.74 Å². The second-order valence-corrected chi connectivity index (χ2v) is 5.04. The van der Waals surface area contributed by atoms with Gasteiger partial charge in [-0.1, -0.05) is 25.1 Å². The number of pyridine rings is 1. The first-order valence-corrected chi connectivity index (χ1v) is 7.64. The molecular weight excluding hydrogens is 290 g/mol. The number of esters is 1. The normalized spacial score (nSPS) is 10.7. The van der Waals surface area contributed by atoms with Crippen LogP contribution in [0.3, 0.4) is 0 Å². The highest BCUT2D eigenvalue weighted by Crippen LogP contribution is 2.13. The number of hydrogen-bond acceptors (Lipinski definition) is 4. The number of aryl methyl sites for hydroxylation is 1. The number of hydrogen-bond donors (Lipinski definition) is 0.